The Bertz CT molecular complexity index is 754. The van der Waals surface area contributed by atoms with Crippen molar-refractivity contribution in [2.24, 2.45) is 0 Å². The van der Waals surface area contributed by atoms with E-state index >= 15 is 0 Å². The van der Waals surface area contributed by atoms with Crippen LogP contribution in [0.5, 0.6) is 5.75 Å². The smallest absolute Gasteiger partial charge is 0.246 e. The quantitative estimate of drug-likeness (QED) is 0.860. The molecule has 2 amide bonds. The second-order valence-corrected chi connectivity index (χ2v) is 6.22. The Morgan fingerprint density at radius 3 is 2.32 bits per heavy atom. The first kappa shape index (κ1) is 17.0. The molecule has 0 N–H and O–H groups in total. The molecule has 0 atom stereocenters. The van der Waals surface area contributed by atoms with Crippen LogP contribution in [0.25, 0.3) is 0 Å². The standard InChI is InChI=1S/C20H22N2O3/c1-15-3-7-17(8-4-15)22-12-11-21(14-20(22)24)19(23)13-16-5-9-18(25-2)10-6-16/h3-10H,11-14H2,1-2H3. The first-order valence-electron chi connectivity index (χ1n) is 8.34. The highest BCUT2D eigenvalue weighted by atomic mass is 16.5. The van der Waals surface area contributed by atoms with Gasteiger partial charge in [0, 0.05) is 18.8 Å². The molecule has 2 aromatic rings. The van der Waals surface area contributed by atoms with Gasteiger partial charge in [-0.1, -0.05) is 29.8 Å². The van der Waals surface area contributed by atoms with E-state index in [0.717, 1.165) is 22.6 Å². The van der Waals surface area contributed by atoms with Crippen LogP contribution in [-0.2, 0) is 16.0 Å². The highest BCUT2D eigenvalue weighted by Gasteiger charge is 2.27. The lowest BCUT2D eigenvalue weighted by molar-refractivity contribution is -0.136. The minimum atomic E-state index is -0.0433. The van der Waals surface area contributed by atoms with Crippen LogP contribution < -0.4 is 9.64 Å². The normalized spacial score (nSPS) is 14.6. The number of amides is 2. The summed E-state index contributed by atoms with van der Waals surface area (Å²) < 4.78 is 5.12. The molecule has 5 heteroatoms. The third-order valence-corrected chi connectivity index (χ3v) is 4.43. The molecule has 1 aliphatic rings. The van der Waals surface area contributed by atoms with E-state index in [1.807, 2.05) is 55.5 Å². The van der Waals surface area contributed by atoms with E-state index in [4.69, 9.17) is 4.74 Å². The Labute approximate surface area is 147 Å². The fraction of sp³-hybridized carbons (Fsp3) is 0.300. The SMILES string of the molecule is COc1ccc(CC(=O)N2CCN(c3ccc(C)cc3)C(=O)C2)cc1. The van der Waals surface area contributed by atoms with Crippen molar-refractivity contribution in [3.63, 3.8) is 0 Å². The van der Waals surface area contributed by atoms with Crippen molar-refractivity contribution in [2.75, 3.05) is 31.6 Å². The monoisotopic (exact) mass is 338 g/mol. The van der Waals surface area contributed by atoms with Gasteiger partial charge in [0.15, 0.2) is 0 Å². The summed E-state index contributed by atoms with van der Waals surface area (Å²) in [5.41, 5.74) is 2.96. The number of hydrogen-bond donors (Lipinski definition) is 0. The number of carbonyl (C=O) groups excluding carboxylic acids is 2. The second kappa shape index (κ2) is 7.38. The van der Waals surface area contributed by atoms with E-state index in [9.17, 15) is 9.59 Å². The highest BCUT2D eigenvalue weighted by molar-refractivity contribution is 5.98. The predicted molar refractivity (Wildman–Crippen MR) is 96.8 cm³/mol. The molecule has 3 rings (SSSR count). The Kier molecular flexibility index (Phi) is 5.03. The summed E-state index contributed by atoms with van der Waals surface area (Å²) in [5.74, 6) is 0.693. The first-order valence-corrected chi connectivity index (χ1v) is 8.34. The maximum Gasteiger partial charge on any atom is 0.246 e. The third kappa shape index (κ3) is 3.99. The zero-order chi connectivity index (χ0) is 17.8. The molecule has 1 aliphatic heterocycles. The molecule has 25 heavy (non-hydrogen) atoms. The summed E-state index contributed by atoms with van der Waals surface area (Å²) >= 11 is 0. The van der Waals surface area contributed by atoms with E-state index < -0.39 is 0 Å². The number of anilines is 1. The van der Waals surface area contributed by atoms with Crippen LogP contribution in [0, 0.1) is 6.92 Å². The van der Waals surface area contributed by atoms with Crippen LogP contribution >= 0.6 is 0 Å². The number of hydrogen-bond acceptors (Lipinski definition) is 3. The molecule has 0 unspecified atom stereocenters. The lowest BCUT2D eigenvalue weighted by atomic mass is 10.1. The Balaban J connectivity index is 1.60. The summed E-state index contributed by atoms with van der Waals surface area (Å²) in [4.78, 5) is 28.3. The van der Waals surface area contributed by atoms with Gasteiger partial charge >= 0.3 is 0 Å². The maximum atomic E-state index is 12.5. The molecule has 1 saturated heterocycles. The van der Waals surface area contributed by atoms with Crippen molar-refractivity contribution < 1.29 is 14.3 Å². The van der Waals surface area contributed by atoms with Crippen molar-refractivity contribution >= 4 is 17.5 Å². The van der Waals surface area contributed by atoms with Gasteiger partial charge in [-0.2, -0.15) is 0 Å². The average Bonchev–Trinajstić information content (AvgIpc) is 2.63. The summed E-state index contributed by atoms with van der Waals surface area (Å²) in [6.07, 6.45) is 0.293. The lowest BCUT2D eigenvalue weighted by Crippen LogP contribution is -2.52. The van der Waals surface area contributed by atoms with E-state index in [2.05, 4.69) is 0 Å². The molecule has 0 saturated carbocycles. The fourth-order valence-electron chi connectivity index (χ4n) is 2.91. The minimum Gasteiger partial charge on any atom is -0.497 e. The minimum absolute atomic E-state index is 0.0259. The molecule has 130 valence electrons. The Hall–Kier alpha value is -2.82. The predicted octanol–water partition coefficient (Wildman–Crippen LogP) is 2.42. The van der Waals surface area contributed by atoms with E-state index in [-0.39, 0.29) is 18.4 Å². The molecule has 0 spiro atoms. The number of carbonyl (C=O) groups is 2. The number of methoxy groups -OCH3 is 1. The zero-order valence-corrected chi connectivity index (χ0v) is 14.6. The molecule has 2 aromatic carbocycles. The Morgan fingerprint density at radius 2 is 1.72 bits per heavy atom. The second-order valence-electron chi connectivity index (χ2n) is 6.22. The number of rotatable bonds is 4. The van der Waals surface area contributed by atoms with Crippen LogP contribution in [0.4, 0.5) is 5.69 Å². The van der Waals surface area contributed by atoms with Gasteiger partial charge in [-0.25, -0.2) is 0 Å². The fourth-order valence-corrected chi connectivity index (χ4v) is 2.91. The molecule has 0 radical (unpaired) electrons. The van der Waals surface area contributed by atoms with Gasteiger partial charge in [0.05, 0.1) is 13.5 Å². The molecular weight excluding hydrogens is 316 g/mol. The van der Waals surface area contributed by atoms with Crippen LogP contribution in [0.1, 0.15) is 11.1 Å². The summed E-state index contributed by atoms with van der Waals surface area (Å²) in [7, 11) is 1.61. The topological polar surface area (TPSA) is 49.9 Å². The summed E-state index contributed by atoms with van der Waals surface area (Å²) in [6, 6.07) is 15.3. The molecule has 5 nitrogen and oxygen atoms in total. The Morgan fingerprint density at radius 1 is 1.04 bits per heavy atom. The van der Waals surface area contributed by atoms with Gasteiger partial charge in [0.2, 0.25) is 11.8 Å². The van der Waals surface area contributed by atoms with Crippen molar-refractivity contribution in [3.8, 4) is 5.75 Å². The van der Waals surface area contributed by atoms with Crippen molar-refractivity contribution in [2.45, 2.75) is 13.3 Å². The summed E-state index contributed by atoms with van der Waals surface area (Å²) in [6.45, 7) is 3.22. The first-order chi connectivity index (χ1) is 12.1. The van der Waals surface area contributed by atoms with Crippen molar-refractivity contribution in [1.82, 2.24) is 4.90 Å². The van der Waals surface area contributed by atoms with Crippen molar-refractivity contribution in [3.05, 3.63) is 59.7 Å². The maximum absolute atomic E-state index is 12.5. The van der Waals surface area contributed by atoms with Gasteiger partial charge in [0.25, 0.3) is 0 Å². The van der Waals surface area contributed by atoms with Gasteiger partial charge in [-0.3, -0.25) is 9.59 Å². The molecule has 0 aromatic heterocycles. The molecule has 0 bridgehead atoms. The van der Waals surface area contributed by atoms with Crippen LogP contribution in [0.3, 0.4) is 0 Å². The van der Waals surface area contributed by atoms with Gasteiger partial charge < -0.3 is 14.5 Å². The summed E-state index contributed by atoms with van der Waals surface area (Å²) in [5, 5.41) is 0. The van der Waals surface area contributed by atoms with Crippen molar-refractivity contribution in [1.29, 1.82) is 0 Å². The van der Waals surface area contributed by atoms with Gasteiger partial charge in [-0.15, -0.1) is 0 Å². The molecule has 0 aliphatic carbocycles. The number of aryl methyl sites for hydroxylation is 1. The number of benzene rings is 2. The third-order valence-electron chi connectivity index (χ3n) is 4.43. The molecule has 1 heterocycles. The highest BCUT2D eigenvalue weighted by Crippen LogP contribution is 2.19. The number of piperazine rings is 1. The van der Waals surface area contributed by atoms with Gasteiger partial charge in [-0.05, 0) is 36.8 Å². The zero-order valence-electron chi connectivity index (χ0n) is 14.6. The van der Waals surface area contributed by atoms with Crippen LogP contribution in [0.15, 0.2) is 48.5 Å². The van der Waals surface area contributed by atoms with E-state index in [1.54, 1.807) is 16.9 Å². The number of ether oxygens (including phenoxy) is 1. The van der Waals surface area contributed by atoms with Crippen LogP contribution in [-0.4, -0.2) is 43.5 Å². The van der Waals surface area contributed by atoms with Crippen LogP contribution in [0.2, 0.25) is 0 Å². The molecular formula is C20H22N2O3. The average molecular weight is 338 g/mol. The van der Waals surface area contributed by atoms with Gasteiger partial charge in [0.1, 0.15) is 12.3 Å². The van der Waals surface area contributed by atoms with E-state index in [1.165, 1.54) is 0 Å². The number of nitrogens with zero attached hydrogens (tertiary/aromatic N) is 2. The molecule has 1 fully saturated rings. The lowest BCUT2D eigenvalue weighted by Gasteiger charge is -2.34. The largest absolute Gasteiger partial charge is 0.497 e. The van der Waals surface area contributed by atoms with E-state index in [0.29, 0.717) is 19.5 Å².